The topological polar surface area (TPSA) is 60.9 Å². The number of amides is 1. The van der Waals surface area contributed by atoms with Gasteiger partial charge < -0.3 is 10.3 Å². The number of fused-ring (bicyclic) bond motifs is 1. The summed E-state index contributed by atoms with van der Waals surface area (Å²) in [4.78, 5) is 14.9. The van der Waals surface area contributed by atoms with Gasteiger partial charge in [0.25, 0.3) is 5.91 Å². The number of aromatic nitrogens is 2. The van der Waals surface area contributed by atoms with Crippen LogP contribution in [-0.4, -0.2) is 15.5 Å². The van der Waals surface area contributed by atoms with E-state index in [2.05, 4.69) is 4.98 Å². The average Bonchev–Trinajstić information content (AvgIpc) is 2.42. The van der Waals surface area contributed by atoms with Gasteiger partial charge in [0.2, 0.25) is 0 Å². The molecule has 2 N–H and O–H groups in total. The van der Waals surface area contributed by atoms with Crippen molar-refractivity contribution in [2.75, 3.05) is 0 Å². The summed E-state index contributed by atoms with van der Waals surface area (Å²) in [5, 5.41) is 0.994. The van der Waals surface area contributed by atoms with Gasteiger partial charge in [-0.1, -0.05) is 0 Å². The SMILES string of the molecule is Cc1cc2cc(C(N)=O)ncc2n1C.Cl. The van der Waals surface area contributed by atoms with Gasteiger partial charge in [0.1, 0.15) is 5.69 Å². The van der Waals surface area contributed by atoms with Gasteiger partial charge in [-0.2, -0.15) is 0 Å². The zero-order valence-corrected chi connectivity index (χ0v) is 9.34. The molecule has 0 radical (unpaired) electrons. The number of nitrogens with two attached hydrogens (primary N) is 1. The molecule has 1 amide bonds. The van der Waals surface area contributed by atoms with Crippen LogP contribution in [0.2, 0.25) is 0 Å². The second-order valence-corrected chi connectivity index (χ2v) is 3.34. The highest BCUT2D eigenvalue weighted by atomic mass is 35.5. The zero-order valence-electron chi connectivity index (χ0n) is 8.52. The summed E-state index contributed by atoms with van der Waals surface area (Å²) in [6.07, 6.45) is 1.67. The lowest BCUT2D eigenvalue weighted by Gasteiger charge is -1.98. The first-order valence-electron chi connectivity index (χ1n) is 4.31. The molecule has 0 bridgehead atoms. The van der Waals surface area contributed by atoms with Crippen LogP contribution >= 0.6 is 12.4 Å². The minimum atomic E-state index is -0.492. The molecule has 0 aliphatic rings. The third-order valence-corrected chi connectivity index (χ3v) is 2.42. The number of primary amides is 1. The lowest BCUT2D eigenvalue weighted by molar-refractivity contribution is 0.0996. The van der Waals surface area contributed by atoms with Crippen LogP contribution in [0.15, 0.2) is 18.3 Å². The summed E-state index contributed by atoms with van der Waals surface area (Å²) in [6.45, 7) is 2.00. The van der Waals surface area contributed by atoms with Crippen molar-refractivity contribution in [3.63, 3.8) is 0 Å². The van der Waals surface area contributed by atoms with Gasteiger partial charge in [0.15, 0.2) is 0 Å². The van der Waals surface area contributed by atoms with E-state index in [4.69, 9.17) is 5.73 Å². The van der Waals surface area contributed by atoms with Crippen LogP contribution in [0.3, 0.4) is 0 Å². The Labute approximate surface area is 93.5 Å². The van der Waals surface area contributed by atoms with Gasteiger partial charge in [-0.05, 0) is 19.1 Å². The Kier molecular flexibility index (Phi) is 3.00. The van der Waals surface area contributed by atoms with Crippen molar-refractivity contribution < 1.29 is 4.79 Å². The summed E-state index contributed by atoms with van der Waals surface area (Å²) < 4.78 is 2.02. The Morgan fingerprint density at radius 1 is 1.47 bits per heavy atom. The average molecular weight is 226 g/mol. The smallest absolute Gasteiger partial charge is 0.267 e. The van der Waals surface area contributed by atoms with Crippen LogP contribution in [0.1, 0.15) is 16.2 Å². The Balaban J connectivity index is 0.00000112. The second-order valence-electron chi connectivity index (χ2n) is 3.34. The molecule has 0 unspecified atom stereocenters. The summed E-state index contributed by atoms with van der Waals surface area (Å²) >= 11 is 0. The summed E-state index contributed by atoms with van der Waals surface area (Å²) in [7, 11) is 1.96. The van der Waals surface area contributed by atoms with Crippen LogP contribution in [-0.2, 0) is 7.05 Å². The maximum atomic E-state index is 10.9. The van der Waals surface area contributed by atoms with E-state index in [1.807, 2.05) is 24.6 Å². The molecule has 0 aliphatic heterocycles. The van der Waals surface area contributed by atoms with Crippen molar-refractivity contribution in [3.8, 4) is 0 Å². The maximum absolute atomic E-state index is 10.9. The van der Waals surface area contributed by atoms with Crippen molar-refractivity contribution in [2.24, 2.45) is 12.8 Å². The Morgan fingerprint density at radius 2 is 2.13 bits per heavy atom. The Bertz CT molecular complexity index is 519. The van der Waals surface area contributed by atoms with E-state index in [0.717, 1.165) is 16.6 Å². The molecular weight excluding hydrogens is 214 g/mol. The molecule has 0 spiro atoms. The second kappa shape index (κ2) is 3.90. The number of halogens is 1. The molecule has 2 aromatic rings. The van der Waals surface area contributed by atoms with Crippen LogP contribution in [0.4, 0.5) is 0 Å². The summed E-state index contributed by atoms with van der Waals surface area (Å²) in [5.41, 5.74) is 7.58. The quantitative estimate of drug-likeness (QED) is 0.798. The lowest BCUT2D eigenvalue weighted by atomic mass is 10.2. The van der Waals surface area contributed by atoms with Crippen LogP contribution in [0.25, 0.3) is 10.9 Å². The molecule has 2 rings (SSSR count). The van der Waals surface area contributed by atoms with E-state index < -0.39 is 5.91 Å². The van der Waals surface area contributed by atoms with Gasteiger partial charge in [-0.15, -0.1) is 12.4 Å². The number of nitrogens with zero attached hydrogens (tertiary/aromatic N) is 2. The number of carbonyl (C=O) groups is 1. The van der Waals surface area contributed by atoms with Gasteiger partial charge in [-0.25, -0.2) is 4.98 Å². The molecule has 5 heteroatoms. The van der Waals surface area contributed by atoms with Crippen LogP contribution < -0.4 is 5.73 Å². The number of pyridine rings is 1. The highest BCUT2D eigenvalue weighted by Gasteiger charge is 2.06. The van der Waals surface area contributed by atoms with Gasteiger partial charge in [-0.3, -0.25) is 4.79 Å². The van der Waals surface area contributed by atoms with Gasteiger partial charge >= 0.3 is 0 Å². The Hall–Kier alpha value is -1.55. The molecule has 2 heterocycles. The lowest BCUT2D eigenvalue weighted by Crippen LogP contribution is -2.12. The van der Waals surface area contributed by atoms with Gasteiger partial charge in [0, 0.05) is 18.1 Å². The molecular formula is C10H12ClN3O. The minimum absolute atomic E-state index is 0. The third-order valence-electron chi connectivity index (χ3n) is 2.42. The highest BCUT2D eigenvalue weighted by Crippen LogP contribution is 2.17. The molecule has 0 saturated heterocycles. The number of hydrogen-bond acceptors (Lipinski definition) is 2. The molecule has 0 aromatic carbocycles. The van der Waals surface area contributed by atoms with E-state index in [9.17, 15) is 4.79 Å². The summed E-state index contributed by atoms with van der Waals surface area (Å²) in [5.74, 6) is -0.492. The largest absolute Gasteiger partial charge is 0.364 e. The van der Waals surface area contributed by atoms with E-state index in [0.29, 0.717) is 5.69 Å². The molecule has 0 saturated carbocycles. The number of hydrogen-bond donors (Lipinski definition) is 1. The Morgan fingerprint density at radius 3 is 2.73 bits per heavy atom. The number of aryl methyl sites for hydroxylation is 2. The molecule has 0 aliphatic carbocycles. The fourth-order valence-electron chi connectivity index (χ4n) is 1.51. The first-order chi connectivity index (χ1) is 6.59. The first kappa shape index (κ1) is 11.5. The third kappa shape index (κ3) is 1.80. The molecule has 0 atom stereocenters. The van der Waals surface area contributed by atoms with Crippen LogP contribution in [0.5, 0.6) is 0 Å². The van der Waals surface area contributed by atoms with Gasteiger partial charge in [0.05, 0.1) is 11.7 Å². The van der Waals surface area contributed by atoms with E-state index in [-0.39, 0.29) is 12.4 Å². The monoisotopic (exact) mass is 225 g/mol. The highest BCUT2D eigenvalue weighted by molar-refractivity contribution is 5.95. The maximum Gasteiger partial charge on any atom is 0.267 e. The first-order valence-corrected chi connectivity index (χ1v) is 4.31. The van der Waals surface area contributed by atoms with E-state index >= 15 is 0 Å². The van der Waals surface area contributed by atoms with Crippen molar-refractivity contribution in [2.45, 2.75) is 6.92 Å². The van der Waals surface area contributed by atoms with Crippen molar-refractivity contribution in [3.05, 3.63) is 29.7 Å². The summed E-state index contributed by atoms with van der Waals surface area (Å²) in [6, 6.07) is 3.72. The van der Waals surface area contributed by atoms with Crippen molar-refractivity contribution in [1.82, 2.24) is 9.55 Å². The van der Waals surface area contributed by atoms with E-state index in [1.54, 1.807) is 12.3 Å². The van der Waals surface area contributed by atoms with Crippen LogP contribution in [0, 0.1) is 6.92 Å². The van der Waals surface area contributed by atoms with E-state index in [1.165, 1.54) is 0 Å². The standard InChI is InChI=1S/C10H11N3O.ClH/c1-6-3-7-4-8(10(11)14)12-5-9(7)13(6)2;/h3-5H,1-2H3,(H2,11,14);1H. The fourth-order valence-corrected chi connectivity index (χ4v) is 1.51. The molecule has 4 nitrogen and oxygen atoms in total. The molecule has 0 fully saturated rings. The minimum Gasteiger partial charge on any atom is -0.364 e. The molecule has 80 valence electrons. The fraction of sp³-hybridized carbons (Fsp3) is 0.200. The number of rotatable bonds is 1. The molecule has 2 aromatic heterocycles. The normalized spacial score (nSPS) is 10.0. The van der Waals surface area contributed by atoms with Crippen molar-refractivity contribution >= 4 is 29.2 Å². The predicted molar refractivity (Wildman–Crippen MR) is 61.2 cm³/mol. The zero-order chi connectivity index (χ0) is 10.3. The molecule has 15 heavy (non-hydrogen) atoms. The van der Waals surface area contributed by atoms with Crippen molar-refractivity contribution in [1.29, 1.82) is 0 Å². The predicted octanol–water partition coefficient (Wildman–Crippen LogP) is 1.40. The number of carbonyl (C=O) groups excluding carboxylic acids is 1.